The Morgan fingerprint density at radius 2 is 2.00 bits per heavy atom. The summed E-state index contributed by atoms with van der Waals surface area (Å²) in [5.74, 6) is 1.83. The first-order valence-electron chi connectivity index (χ1n) is 7.22. The molecule has 102 valence electrons. The lowest BCUT2D eigenvalue weighted by Gasteiger charge is -2.21. The van der Waals surface area contributed by atoms with E-state index >= 15 is 0 Å². The third kappa shape index (κ3) is 2.22. The van der Waals surface area contributed by atoms with Gasteiger partial charge in [0.1, 0.15) is 0 Å². The van der Waals surface area contributed by atoms with Gasteiger partial charge in [-0.15, -0.1) is 0 Å². The molecular weight excluding hydrogens is 236 g/mol. The van der Waals surface area contributed by atoms with Crippen LogP contribution < -0.4 is 11.1 Å². The van der Waals surface area contributed by atoms with Crippen molar-refractivity contribution in [1.29, 1.82) is 0 Å². The van der Waals surface area contributed by atoms with Crippen molar-refractivity contribution < 1.29 is 4.79 Å². The number of amides is 1. The van der Waals surface area contributed by atoms with Gasteiger partial charge in [0, 0.05) is 17.3 Å². The predicted octanol–water partition coefficient (Wildman–Crippen LogP) is 3.26. The van der Waals surface area contributed by atoms with Gasteiger partial charge in [-0.2, -0.15) is 0 Å². The Balaban J connectivity index is 1.75. The van der Waals surface area contributed by atoms with Crippen molar-refractivity contribution in [2.24, 2.45) is 17.8 Å². The van der Waals surface area contributed by atoms with Gasteiger partial charge in [-0.1, -0.05) is 12.5 Å². The molecule has 0 radical (unpaired) electrons. The van der Waals surface area contributed by atoms with Gasteiger partial charge in [0.05, 0.1) is 0 Å². The van der Waals surface area contributed by atoms with Gasteiger partial charge in [0.15, 0.2) is 0 Å². The minimum absolute atomic E-state index is 0.193. The van der Waals surface area contributed by atoms with E-state index in [-0.39, 0.29) is 11.8 Å². The van der Waals surface area contributed by atoms with Crippen LogP contribution in [0.5, 0.6) is 0 Å². The summed E-state index contributed by atoms with van der Waals surface area (Å²) >= 11 is 0. The van der Waals surface area contributed by atoms with Crippen molar-refractivity contribution in [3.05, 3.63) is 23.3 Å². The highest BCUT2D eigenvalue weighted by molar-refractivity contribution is 5.94. The van der Waals surface area contributed by atoms with E-state index in [0.717, 1.165) is 34.8 Å². The van der Waals surface area contributed by atoms with E-state index in [2.05, 4.69) is 5.32 Å². The Morgan fingerprint density at radius 3 is 2.63 bits per heavy atom. The second-order valence-electron chi connectivity index (χ2n) is 6.29. The lowest BCUT2D eigenvalue weighted by atomic mass is 9.88. The zero-order valence-electron chi connectivity index (χ0n) is 11.7. The summed E-state index contributed by atoms with van der Waals surface area (Å²) in [4.78, 5) is 12.4. The molecular formula is C16H22N2O. The summed E-state index contributed by atoms with van der Waals surface area (Å²) < 4.78 is 0. The molecule has 0 heterocycles. The molecule has 3 atom stereocenters. The molecule has 1 amide bonds. The van der Waals surface area contributed by atoms with Crippen LogP contribution in [0.4, 0.5) is 11.4 Å². The van der Waals surface area contributed by atoms with Crippen LogP contribution in [0.15, 0.2) is 12.1 Å². The minimum Gasteiger partial charge on any atom is -0.398 e. The highest BCUT2D eigenvalue weighted by Gasteiger charge is 2.43. The number of anilines is 2. The summed E-state index contributed by atoms with van der Waals surface area (Å²) in [5, 5.41) is 3.09. The fraction of sp³-hybridized carbons (Fsp3) is 0.562. The Morgan fingerprint density at radius 1 is 1.21 bits per heavy atom. The van der Waals surface area contributed by atoms with Crippen LogP contribution in [0.25, 0.3) is 0 Å². The highest BCUT2D eigenvalue weighted by atomic mass is 16.1. The summed E-state index contributed by atoms with van der Waals surface area (Å²) in [7, 11) is 0. The molecule has 2 aliphatic carbocycles. The van der Waals surface area contributed by atoms with Crippen molar-refractivity contribution in [3.63, 3.8) is 0 Å². The molecule has 0 spiro atoms. The van der Waals surface area contributed by atoms with Gasteiger partial charge in [0.2, 0.25) is 5.91 Å². The highest BCUT2D eigenvalue weighted by Crippen LogP contribution is 2.48. The molecule has 1 aromatic carbocycles. The number of carbonyl (C=O) groups is 1. The third-order valence-electron chi connectivity index (χ3n) is 4.95. The molecule has 3 N–H and O–H groups in total. The van der Waals surface area contributed by atoms with Crippen LogP contribution in [-0.2, 0) is 4.79 Å². The number of hydrogen-bond donors (Lipinski definition) is 2. The van der Waals surface area contributed by atoms with E-state index < -0.39 is 0 Å². The Hall–Kier alpha value is -1.51. The number of rotatable bonds is 2. The number of carbonyl (C=O) groups excluding carboxylic acids is 1. The first-order valence-corrected chi connectivity index (χ1v) is 7.22. The van der Waals surface area contributed by atoms with Crippen molar-refractivity contribution >= 4 is 17.3 Å². The van der Waals surface area contributed by atoms with Gasteiger partial charge >= 0.3 is 0 Å². The molecule has 2 aliphatic rings. The first kappa shape index (κ1) is 12.5. The van der Waals surface area contributed by atoms with Crippen LogP contribution in [-0.4, -0.2) is 5.91 Å². The average Bonchev–Trinajstić information content (AvgIpc) is 2.98. The van der Waals surface area contributed by atoms with Crippen LogP contribution in [0.1, 0.15) is 36.8 Å². The topological polar surface area (TPSA) is 55.1 Å². The number of benzene rings is 1. The van der Waals surface area contributed by atoms with E-state index in [9.17, 15) is 4.79 Å². The van der Waals surface area contributed by atoms with Crippen LogP contribution in [0.2, 0.25) is 0 Å². The van der Waals surface area contributed by atoms with Gasteiger partial charge in [-0.3, -0.25) is 4.79 Å². The second kappa shape index (κ2) is 4.55. The summed E-state index contributed by atoms with van der Waals surface area (Å²) in [5.41, 5.74) is 9.69. The molecule has 2 saturated carbocycles. The fourth-order valence-electron chi connectivity index (χ4n) is 3.79. The predicted molar refractivity (Wildman–Crippen MR) is 77.9 cm³/mol. The van der Waals surface area contributed by atoms with E-state index in [4.69, 9.17) is 5.73 Å². The van der Waals surface area contributed by atoms with Crippen molar-refractivity contribution in [3.8, 4) is 0 Å². The number of aryl methyl sites for hydroxylation is 2. The van der Waals surface area contributed by atoms with Crippen LogP contribution >= 0.6 is 0 Å². The Bertz CT molecular complexity index is 524. The van der Waals surface area contributed by atoms with E-state index in [1.54, 1.807) is 0 Å². The van der Waals surface area contributed by atoms with Gasteiger partial charge in [0.25, 0.3) is 0 Å². The van der Waals surface area contributed by atoms with Crippen LogP contribution in [0, 0.1) is 31.6 Å². The lowest BCUT2D eigenvalue weighted by molar-refractivity contribution is -0.121. The molecule has 2 bridgehead atoms. The second-order valence-corrected chi connectivity index (χ2v) is 6.29. The van der Waals surface area contributed by atoms with E-state index in [1.807, 2.05) is 26.0 Å². The number of fused-ring (bicyclic) bond motifs is 2. The third-order valence-corrected chi connectivity index (χ3v) is 4.95. The molecule has 3 heteroatoms. The zero-order chi connectivity index (χ0) is 13.6. The smallest absolute Gasteiger partial charge is 0.227 e. The Labute approximate surface area is 114 Å². The normalized spacial score (nSPS) is 28.6. The van der Waals surface area contributed by atoms with Gasteiger partial charge in [-0.05, 0) is 62.1 Å². The van der Waals surface area contributed by atoms with Gasteiger partial charge < -0.3 is 11.1 Å². The number of nitrogen functional groups attached to an aromatic ring is 1. The quantitative estimate of drug-likeness (QED) is 0.800. The van der Waals surface area contributed by atoms with E-state index in [1.165, 1.54) is 19.3 Å². The molecule has 2 fully saturated rings. The maximum absolute atomic E-state index is 12.4. The minimum atomic E-state index is 0.193. The van der Waals surface area contributed by atoms with Crippen LogP contribution in [0.3, 0.4) is 0 Å². The zero-order valence-corrected chi connectivity index (χ0v) is 11.7. The molecule has 1 aromatic rings. The monoisotopic (exact) mass is 258 g/mol. The molecule has 0 aromatic heterocycles. The summed E-state index contributed by atoms with van der Waals surface area (Å²) in [6, 6.07) is 3.92. The fourth-order valence-corrected chi connectivity index (χ4v) is 3.79. The molecule has 3 unspecified atom stereocenters. The van der Waals surface area contributed by atoms with E-state index in [0.29, 0.717) is 5.92 Å². The lowest BCUT2D eigenvalue weighted by Crippen LogP contribution is -2.27. The molecule has 0 aliphatic heterocycles. The molecule has 19 heavy (non-hydrogen) atoms. The van der Waals surface area contributed by atoms with Gasteiger partial charge in [-0.25, -0.2) is 0 Å². The molecule has 3 nitrogen and oxygen atoms in total. The van der Waals surface area contributed by atoms with Crippen molar-refractivity contribution in [1.82, 2.24) is 0 Å². The van der Waals surface area contributed by atoms with Crippen molar-refractivity contribution in [2.75, 3.05) is 11.1 Å². The number of hydrogen-bond acceptors (Lipinski definition) is 2. The molecule has 0 saturated heterocycles. The molecule has 3 rings (SSSR count). The largest absolute Gasteiger partial charge is 0.398 e. The maximum atomic E-state index is 12.4. The standard InChI is InChI=1S/C16H22N2O/c1-9-5-10(2)15(8-14(9)17)18-16(19)13-7-11-3-4-12(13)6-11/h5,8,11-13H,3-4,6-7,17H2,1-2H3,(H,18,19). The Kier molecular flexibility index (Phi) is 3.00. The summed E-state index contributed by atoms with van der Waals surface area (Å²) in [6.07, 6.45) is 4.90. The average molecular weight is 258 g/mol. The number of nitrogens with one attached hydrogen (secondary N) is 1. The summed E-state index contributed by atoms with van der Waals surface area (Å²) in [6.45, 7) is 4.01. The van der Waals surface area contributed by atoms with Crippen molar-refractivity contribution in [2.45, 2.75) is 39.5 Å². The maximum Gasteiger partial charge on any atom is 0.227 e. The number of nitrogens with two attached hydrogens (primary N) is 1. The first-order chi connectivity index (χ1) is 9.04. The SMILES string of the molecule is Cc1cc(C)c(NC(=O)C2CC3CCC2C3)cc1N.